The van der Waals surface area contributed by atoms with Crippen molar-refractivity contribution in [2.75, 3.05) is 7.11 Å². The first-order valence-electron chi connectivity index (χ1n) is 15.7. The number of likely N-dealkylation sites (tertiary alicyclic amines) is 1. The molecule has 0 bridgehead atoms. The van der Waals surface area contributed by atoms with Gasteiger partial charge in [0.2, 0.25) is 5.88 Å². The van der Waals surface area contributed by atoms with Crippen LogP contribution in [0.2, 0.25) is 0 Å². The summed E-state index contributed by atoms with van der Waals surface area (Å²) in [4.78, 5) is 18.9. The largest absolute Gasteiger partial charge is 0.485 e. The fraction of sp³-hybridized carbons (Fsp3) is 0.500. The minimum Gasteiger partial charge on any atom is -0.485 e. The SMILES string of the molecule is COc1cc(-c2ccc([C@@H]3CCc4ccc(C(C5CC5)[C@H](C)C(=O)O)cc4O3)cc2CN2[C@H](C)CCC[C@@H]2C)ccn1. The van der Waals surface area contributed by atoms with Crippen LogP contribution in [0, 0.1) is 11.8 Å². The lowest BCUT2D eigenvalue weighted by Gasteiger charge is -2.39. The number of rotatable bonds is 9. The molecular formula is C36H44N2O4. The van der Waals surface area contributed by atoms with E-state index in [9.17, 15) is 9.90 Å². The molecule has 1 unspecified atom stereocenters. The summed E-state index contributed by atoms with van der Waals surface area (Å²) < 4.78 is 12.2. The Kier molecular flexibility index (Phi) is 8.26. The highest BCUT2D eigenvalue weighted by atomic mass is 16.5. The van der Waals surface area contributed by atoms with Gasteiger partial charge in [-0.3, -0.25) is 9.69 Å². The number of hydrogen-bond acceptors (Lipinski definition) is 5. The molecular weight excluding hydrogens is 524 g/mol. The van der Waals surface area contributed by atoms with Gasteiger partial charge < -0.3 is 14.6 Å². The summed E-state index contributed by atoms with van der Waals surface area (Å²) in [5.74, 6) is 0.891. The van der Waals surface area contributed by atoms with Crippen molar-refractivity contribution in [1.82, 2.24) is 9.88 Å². The van der Waals surface area contributed by atoms with Gasteiger partial charge in [-0.1, -0.05) is 43.7 Å². The minimum atomic E-state index is -0.722. The number of methoxy groups -OCH3 is 1. The quantitative estimate of drug-likeness (QED) is 0.284. The summed E-state index contributed by atoms with van der Waals surface area (Å²) >= 11 is 0. The van der Waals surface area contributed by atoms with Gasteiger partial charge in [-0.15, -0.1) is 0 Å². The second kappa shape index (κ2) is 12.1. The Morgan fingerprint density at radius 3 is 2.55 bits per heavy atom. The Morgan fingerprint density at radius 1 is 1.05 bits per heavy atom. The molecule has 3 aromatic rings. The molecule has 6 nitrogen and oxygen atoms in total. The Hall–Kier alpha value is -3.38. The Morgan fingerprint density at radius 2 is 1.83 bits per heavy atom. The molecule has 0 spiro atoms. The second-order valence-corrected chi connectivity index (χ2v) is 12.8. The fourth-order valence-corrected chi connectivity index (χ4v) is 7.30. The standard InChI is InChI=1S/C36H44N2O4/c1-22-6-5-7-23(2)38(22)21-30-18-28(12-14-31(30)27-16-17-37-34(20-27)41-4)32-15-13-25-8-11-29(19-33(25)42-32)35(26-9-10-26)24(3)36(39)40/h8,11-12,14,16-20,22-24,26,32,35H,5-7,9-10,13,15,21H2,1-4H3,(H,39,40)/t22-,23+,24-,32-,35?/m0/s1. The number of fused-ring (bicyclic) bond motifs is 1. The number of carbonyl (C=O) groups is 1. The third-order valence-electron chi connectivity index (χ3n) is 9.96. The number of nitrogens with zero attached hydrogens (tertiary/aromatic N) is 2. The van der Waals surface area contributed by atoms with Crippen LogP contribution in [0.5, 0.6) is 11.6 Å². The predicted octanol–water partition coefficient (Wildman–Crippen LogP) is 7.80. The van der Waals surface area contributed by atoms with E-state index >= 15 is 0 Å². The molecule has 42 heavy (non-hydrogen) atoms. The van der Waals surface area contributed by atoms with Gasteiger partial charge in [0.15, 0.2) is 0 Å². The number of carboxylic acids is 1. The molecule has 1 aromatic heterocycles. The van der Waals surface area contributed by atoms with E-state index in [1.54, 1.807) is 7.11 Å². The molecule has 1 aliphatic carbocycles. The van der Waals surface area contributed by atoms with Gasteiger partial charge in [-0.05, 0) is 110 Å². The number of aromatic nitrogens is 1. The van der Waals surface area contributed by atoms with Gasteiger partial charge in [0.1, 0.15) is 11.9 Å². The number of pyridine rings is 1. The molecule has 0 amide bonds. The van der Waals surface area contributed by atoms with Crippen molar-refractivity contribution < 1.29 is 19.4 Å². The topological polar surface area (TPSA) is 71.9 Å². The van der Waals surface area contributed by atoms with Crippen LogP contribution in [0.1, 0.15) is 93.6 Å². The zero-order chi connectivity index (χ0) is 29.4. The van der Waals surface area contributed by atoms with Crippen molar-refractivity contribution in [3.8, 4) is 22.8 Å². The van der Waals surface area contributed by atoms with Crippen LogP contribution in [0.3, 0.4) is 0 Å². The third kappa shape index (κ3) is 5.92. The number of ether oxygens (including phenoxy) is 2. The normalized spacial score (nSPS) is 23.9. The lowest BCUT2D eigenvalue weighted by atomic mass is 9.82. The minimum absolute atomic E-state index is 0.0357. The van der Waals surface area contributed by atoms with E-state index in [1.807, 2.05) is 19.2 Å². The molecule has 2 aliphatic heterocycles. The summed E-state index contributed by atoms with van der Waals surface area (Å²) in [5, 5.41) is 9.78. The van der Waals surface area contributed by atoms with Gasteiger partial charge in [0, 0.05) is 30.9 Å². The molecule has 1 N–H and O–H groups in total. The maximum Gasteiger partial charge on any atom is 0.306 e. The molecule has 5 atom stereocenters. The van der Waals surface area contributed by atoms with Crippen LogP contribution in [0.4, 0.5) is 0 Å². The molecule has 1 saturated carbocycles. The van der Waals surface area contributed by atoms with Gasteiger partial charge in [0.05, 0.1) is 13.0 Å². The lowest BCUT2D eigenvalue weighted by Crippen LogP contribution is -2.43. The highest BCUT2D eigenvalue weighted by molar-refractivity contribution is 5.71. The monoisotopic (exact) mass is 568 g/mol. The van der Waals surface area contributed by atoms with E-state index in [4.69, 9.17) is 9.47 Å². The number of aryl methyl sites for hydroxylation is 1. The number of aliphatic carboxylic acids is 1. The first-order chi connectivity index (χ1) is 20.3. The van der Waals surface area contributed by atoms with Crippen molar-refractivity contribution in [3.63, 3.8) is 0 Å². The molecule has 2 aromatic carbocycles. The first kappa shape index (κ1) is 28.7. The zero-order valence-electron chi connectivity index (χ0n) is 25.4. The van der Waals surface area contributed by atoms with Crippen molar-refractivity contribution >= 4 is 5.97 Å². The van der Waals surface area contributed by atoms with Crippen LogP contribution < -0.4 is 9.47 Å². The third-order valence-corrected chi connectivity index (χ3v) is 9.96. The van der Waals surface area contributed by atoms with Crippen LogP contribution in [0.15, 0.2) is 54.7 Å². The lowest BCUT2D eigenvalue weighted by molar-refractivity contribution is -0.142. The molecule has 3 aliphatic rings. The molecule has 222 valence electrons. The number of carboxylic acid groups (broad SMARTS) is 1. The van der Waals surface area contributed by atoms with Crippen LogP contribution in [-0.2, 0) is 17.8 Å². The highest BCUT2D eigenvalue weighted by Gasteiger charge is 2.39. The van der Waals surface area contributed by atoms with Crippen molar-refractivity contribution in [1.29, 1.82) is 0 Å². The Labute approximate surface area is 250 Å². The average Bonchev–Trinajstić information content (AvgIpc) is 3.84. The number of piperidine rings is 1. The van der Waals surface area contributed by atoms with E-state index in [1.165, 1.54) is 41.5 Å². The van der Waals surface area contributed by atoms with Gasteiger partial charge in [-0.25, -0.2) is 4.98 Å². The van der Waals surface area contributed by atoms with Gasteiger partial charge in [-0.2, -0.15) is 0 Å². The Bertz CT molecular complexity index is 1420. The smallest absolute Gasteiger partial charge is 0.306 e. The summed E-state index contributed by atoms with van der Waals surface area (Å²) in [6, 6.07) is 18.4. The van der Waals surface area contributed by atoms with E-state index < -0.39 is 11.9 Å². The van der Waals surface area contributed by atoms with E-state index in [-0.39, 0.29) is 12.0 Å². The second-order valence-electron chi connectivity index (χ2n) is 12.8. The fourth-order valence-electron chi connectivity index (χ4n) is 7.30. The molecule has 2 fully saturated rings. The molecule has 0 radical (unpaired) electrons. The van der Waals surface area contributed by atoms with Crippen LogP contribution in [-0.4, -0.2) is 40.2 Å². The van der Waals surface area contributed by atoms with Crippen molar-refractivity contribution in [2.45, 2.75) is 96.4 Å². The first-order valence-corrected chi connectivity index (χ1v) is 15.7. The maximum absolute atomic E-state index is 11.9. The van der Waals surface area contributed by atoms with Crippen LogP contribution in [0.25, 0.3) is 11.1 Å². The number of benzene rings is 2. The molecule has 1 saturated heterocycles. The van der Waals surface area contributed by atoms with Crippen molar-refractivity contribution in [3.05, 3.63) is 77.0 Å². The van der Waals surface area contributed by atoms with E-state index in [2.05, 4.69) is 66.2 Å². The van der Waals surface area contributed by atoms with Crippen molar-refractivity contribution in [2.24, 2.45) is 11.8 Å². The molecule has 3 heterocycles. The molecule has 6 heteroatoms. The predicted molar refractivity (Wildman–Crippen MR) is 165 cm³/mol. The maximum atomic E-state index is 11.9. The summed E-state index contributed by atoms with van der Waals surface area (Å²) in [6.45, 7) is 7.45. The summed E-state index contributed by atoms with van der Waals surface area (Å²) in [5.41, 5.74) is 7.12. The zero-order valence-corrected chi connectivity index (χ0v) is 25.4. The van der Waals surface area contributed by atoms with E-state index in [0.717, 1.165) is 49.1 Å². The average molecular weight is 569 g/mol. The number of hydrogen-bond donors (Lipinski definition) is 1. The summed E-state index contributed by atoms with van der Waals surface area (Å²) in [6.07, 6.45) is 9.61. The molecule has 6 rings (SSSR count). The van der Waals surface area contributed by atoms with Gasteiger partial charge >= 0.3 is 5.97 Å². The van der Waals surface area contributed by atoms with Crippen LogP contribution >= 0.6 is 0 Å². The highest BCUT2D eigenvalue weighted by Crippen LogP contribution is 2.48. The van der Waals surface area contributed by atoms with E-state index in [0.29, 0.717) is 23.9 Å². The summed E-state index contributed by atoms with van der Waals surface area (Å²) in [7, 11) is 1.66. The van der Waals surface area contributed by atoms with Gasteiger partial charge in [0.25, 0.3) is 0 Å². The Balaban J connectivity index is 1.32.